The second-order valence-corrected chi connectivity index (χ2v) is 6.36. The zero-order valence-electron chi connectivity index (χ0n) is 13.5. The van der Waals surface area contributed by atoms with Gasteiger partial charge in [0.25, 0.3) is 0 Å². The molecule has 1 aliphatic heterocycles. The Bertz CT molecular complexity index is 702. The predicted molar refractivity (Wildman–Crippen MR) is 86.8 cm³/mol. The van der Waals surface area contributed by atoms with Crippen LogP contribution in [0.3, 0.4) is 0 Å². The highest BCUT2D eigenvalue weighted by Crippen LogP contribution is 2.16. The molecule has 2 heterocycles. The van der Waals surface area contributed by atoms with E-state index in [2.05, 4.69) is 53.1 Å². The summed E-state index contributed by atoms with van der Waals surface area (Å²) in [5, 5.41) is 3.18. The summed E-state index contributed by atoms with van der Waals surface area (Å²) < 4.78 is 2.17. The quantitative estimate of drug-likeness (QED) is 0.946. The van der Waals surface area contributed by atoms with Gasteiger partial charge in [-0.25, -0.2) is 4.98 Å². The van der Waals surface area contributed by atoms with Gasteiger partial charge in [0.2, 0.25) is 5.91 Å². The lowest BCUT2D eigenvalue weighted by Crippen LogP contribution is -2.41. The fraction of sp³-hybridized carbons (Fsp3) is 0.444. The molecule has 1 unspecified atom stereocenters. The molecule has 0 saturated heterocycles. The van der Waals surface area contributed by atoms with Gasteiger partial charge in [-0.2, -0.15) is 0 Å². The third-order valence-corrected chi connectivity index (χ3v) is 4.33. The molecule has 0 saturated carbocycles. The van der Waals surface area contributed by atoms with Crippen molar-refractivity contribution in [2.75, 3.05) is 0 Å². The first-order chi connectivity index (χ1) is 10.5. The molecule has 1 N–H and O–H groups in total. The first kappa shape index (κ1) is 14.8. The smallest absolute Gasteiger partial charge is 0.224 e. The van der Waals surface area contributed by atoms with Gasteiger partial charge in [-0.15, -0.1) is 0 Å². The van der Waals surface area contributed by atoms with Crippen LogP contribution in [0.4, 0.5) is 0 Å². The van der Waals surface area contributed by atoms with E-state index < -0.39 is 0 Å². The zero-order chi connectivity index (χ0) is 15.7. The average molecular weight is 297 g/mol. The van der Waals surface area contributed by atoms with Crippen LogP contribution in [0.5, 0.6) is 0 Å². The van der Waals surface area contributed by atoms with Gasteiger partial charge in [0, 0.05) is 25.2 Å². The third-order valence-electron chi connectivity index (χ3n) is 4.33. The van der Waals surface area contributed by atoms with Gasteiger partial charge in [-0.1, -0.05) is 23.8 Å². The number of carbonyl (C=O) groups excluding carboxylic acids is 1. The summed E-state index contributed by atoms with van der Waals surface area (Å²) in [5.74, 6) is 1.25. The molecular weight excluding hydrogens is 274 g/mol. The van der Waals surface area contributed by atoms with Crippen molar-refractivity contribution in [3.05, 3.63) is 52.6 Å². The largest absolute Gasteiger partial charge is 0.351 e. The van der Waals surface area contributed by atoms with Crippen LogP contribution >= 0.6 is 0 Å². The maximum atomic E-state index is 12.3. The Morgan fingerprint density at radius 3 is 3.00 bits per heavy atom. The second-order valence-electron chi connectivity index (χ2n) is 6.36. The highest BCUT2D eigenvalue weighted by Gasteiger charge is 2.21. The molecule has 0 bridgehead atoms. The number of fused-ring (bicyclic) bond motifs is 1. The van der Waals surface area contributed by atoms with Crippen LogP contribution in [-0.4, -0.2) is 21.5 Å². The normalized spacial score (nSPS) is 17.1. The Balaban J connectivity index is 1.62. The SMILES string of the molecule is Cc1ccc(C)c(CC(=O)NC2CCc3nc(C)cn3C2)c1. The van der Waals surface area contributed by atoms with Gasteiger partial charge in [0.15, 0.2) is 0 Å². The number of rotatable bonds is 3. The molecule has 116 valence electrons. The van der Waals surface area contributed by atoms with Crippen LogP contribution in [0.15, 0.2) is 24.4 Å². The van der Waals surface area contributed by atoms with Crippen molar-refractivity contribution < 1.29 is 4.79 Å². The Labute approximate surface area is 131 Å². The zero-order valence-corrected chi connectivity index (χ0v) is 13.5. The van der Waals surface area contributed by atoms with Gasteiger partial charge >= 0.3 is 0 Å². The van der Waals surface area contributed by atoms with E-state index in [1.807, 2.05) is 6.92 Å². The van der Waals surface area contributed by atoms with E-state index in [9.17, 15) is 4.79 Å². The molecule has 2 aromatic rings. The Morgan fingerprint density at radius 2 is 2.18 bits per heavy atom. The Morgan fingerprint density at radius 1 is 1.36 bits per heavy atom. The molecule has 0 aliphatic carbocycles. The van der Waals surface area contributed by atoms with Gasteiger partial charge < -0.3 is 9.88 Å². The van der Waals surface area contributed by atoms with Gasteiger partial charge in [-0.3, -0.25) is 4.79 Å². The second kappa shape index (κ2) is 5.95. The molecular formula is C18H23N3O. The molecule has 1 aromatic heterocycles. The standard InChI is InChI=1S/C18H23N3O/c1-12-4-5-13(2)15(8-12)9-18(22)20-16-6-7-17-19-14(3)10-21(17)11-16/h4-5,8,10,16H,6-7,9,11H2,1-3H3,(H,20,22). The van der Waals surface area contributed by atoms with E-state index in [1.54, 1.807) is 0 Å². The predicted octanol–water partition coefficient (Wildman–Crippen LogP) is 2.48. The third kappa shape index (κ3) is 3.21. The number of hydrogen-bond acceptors (Lipinski definition) is 2. The number of amides is 1. The van der Waals surface area contributed by atoms with E-state index in [-0.39, 0.29) is 11.9 Å². The molecule has 0 radical (unpaired) electrons. The fourth-order valence-corrected chi connectivity index (χ4v) is 3.15. The van der Waals surface area contributed by atoms with E-state index >= 15 is 0 Å². The summed E-state index contributed by atoms with van der Waals surface area (Å²) in [6, 6.07) is 6.48. The number of hydrogen-bond donors (Lipinski definition) is 1. The Kier molecular flexibility index (Phi) is 4.01. The molecule has 3 rings (SSSR count). The van der Waals surface area contributed by atoms with Crippen molar-refractivity contribution in [3.63, 3.8) is 0 Å². The molecule has 4 heteroatoms. The van der Waals surface area contributed by atoms with Crippen molar-refractivity contribution in [1.29, 1.82) is 0 Å². The molecule has 1 aliphatic rings. The highest BCUT2D eigenvalue weighted by atomic mass is 16.1. The monoisotopic (exact) mass is 297 g/mol. The van der Waals surface area contributed by atoms with Crippen molar-refractivity contribution in [2.45, 2.75) is 52.6 Å². The van der Waals surface area contributed by atoms with Crippen molar-refractivity contribution in [3.8, 4) is 0 Å². The fourth-order valence-electron chi connectivity index (χ4n) is 3.15. The topological polar surface area (TPSA) is 46.9 Å². The molecule has 1 atom stereocenters. The van der Waals surface area contributed by atoms with E-state index in [0.717, 1.165) is 36.5 Å². The summed E-state index contributed by atoms with van der Waals surface area (Å²) in [5.41, 5.74) is 4.55. The number of nitrogens with one attached hydrogen (secondary N) is 1. The van der Waals surface area contributed by atoms with Crippen LogP contribution in [0, 0.1) is 20.8 Å². The molecule has 22 heavy (non-hydrogen) atoms. The maximum Gasteiger partial charge on any atom is 0.224 e. The lowest BCUT2D eigenvalue weighted by atomic mass is 10.0. The molecule has 0 spiro atoms. The summed E-state index contributed by atoms with van der Waals surface area (Å²) >= 11 is 0. The number of imidazole rings is 1. The van der Waals surface area contributed by atoms with Gasteiger partial charge in [-0.05, 0) is 38.3 Å². The van der Waals surface area contributed by atoms with Crippen molar-refractivity contribution in [2.24, 2.45) is 0 Å². The van der Waals surface area contributed by atoms with Crippen LogP contribution in [0.25, 0.3) is 0 Å². The van der Waals surface area contributed by atoms with Crippen LogP contribution in [0.1, 0.15) is 34.6 Å². The average Bonchev–Trinajstić information content (AvgIpc) is 2.82. The van der Waals surface area contributed by atoms with Crippen molar-refractivity contribution >= 4 is 5.91 Å². The lowest BCUT2D eigenvalue weighted by Gasteiger charge is -2.24. The lowest BCUT2D eigenvalue weighted by molar-refractivity contribution is -0.121. The van der Waals surface area contributed by atoms with E-state index in [1.165, 1.54) is 11.1 Å². The molecule has 4 nitrogen and oxygen atoms in total. The summed E-state index contributed by atoms with van der Waals surface area (Å²) in [6.07, 6.45) is 4.43. The highest BCUT2D eigenvalue weighted by molar-refractivity contribution is 5.79. The first-order valence-corrected chi connectivity index (χ1v) is 7.89. The van der Waals surface area contributed by atoms with Crippen LogP contribution in [0.2, 0.25) is 0 Å². The van der Waals surface area contributed by atoms with Gasteiger partial charge in [0.05, 0.1) is 12.1 Å². The minimum atomic E-state index is 0.110. The van der Waals surface area contributed by atoms with Crippen LogP contribution < -0.4 is 5.32 Å². The minimum Gasteiger partial charge on any atom is -0.351 e. The molecule has 1 aromatic carbocycles. The molecule has 0 fully saturated rings. The number of carbonyl (C=O) groups is 1. The number of benzene rings is 1. The van der Waals surface area contributed by atoms with E-state index in [0.29, 0.717) is 6.42 Å². The molecule has 1 amide bonds. The van der Waals surface area contributed by atoms with E-state index in [4.69, 9.17) is 0 Å². The van der Waals surface area contributed by atoms with Crippen LogP contribution in [-0.2, 0) is 24.2 Å². The minimum absolute atomic E-state index is 0.110. The number of aromatic nitrogens is 2. The summed E-state index contributed by atoms with van der Waals surface area (Å²) in [6.45, 7) is 6.96. The summed E-state index contributed by atoms with van der Waals surface area (Å²) in [4.78, 5) is 16.8. The number of nitrogens with zero attached hydrogens (tertiary/aromatic N) is 2. The number of aryl methyl sites for hydroxylation is 4. The van der Waals surface area contributed by atoms with Crippen molar-refractivity contribution in [1.82, 2.24) is 14.9 Å². The van der Waals surface area contributed by atoms with Gasteiger partial charge in [0.1, 0.15) is 5.82 Å². The summed E-state index contributed by atoms with van der Waals surface area (Å²) in [7, 11) is 0. The maximum absolute atomic E-state index is 12.3. The Hall–Kier alpha value is -2.10. The first-order valence-electron chi connectivity index (χ1n) is 7.89.